The van der Waals surface area contributed by atoms with Gasteiger partial charge in [0.2, 0.25) is 0 Å². The highest BCUT2D eigenvalue weighted by Crippen LogP contribution is 2.23. The zero-order valence-electron chi connectivity index (χ0n) is 14.2. The highest BCUT2D eigenvalue weighted by Gasteiger charge is 2.26. The monoisotopic (exact) mass is 299 g/mol. The first-order valence-corrected chi connectivity index (χ1v) is 7.07. The Morgan fingerprint density at radius 1 is 1.19 bits per heavy atom. The number of nitrogens with one attached hydrogen (secondary N) is 1. The van der Waals surface area contributed by atoms with Gasteiger partial charge in [0.1, 0.15) is 5.60 Å². The van der Waals surface area contributed by atoms with Gasteiger partial charge >= 0.3 is 12.1 Å². The van der Waals surface area contributed by atoms with Crippen LogP contribution in [0.1, 0.15) is 48.5 Å². The van der Waals surface area contributed by atoms with Gasteiger partial charge in [0.05, 0.1) is 0 Å². The topological polar surface area (TPSA) is 84.7 Å². The maximum atomic E-state index is 12.1. The van der Waals surface area contributed by atoms with E-state index in [0.29, 0.717) is 0 Å². The average molecular weight is 299 g/mol. The summed E-state index contributed by atoms with van der Waals surface area (Å²) in [5.74, 6) is 0. The van der Waals surface area contributed by atoms with Gasteiger partial charge in [-0.1, -0.05) is 26.3 Å². The highest BCUT2D eigenvalue weighted by molar-refractivity contribution is 5.91. The van der Waals surface area contributed by atoms with E-state index in [9.17, 15) is 9.59 Å². The number of carbonyl (C=O) groups is 2. The Balaban J connectivity index is 4.90. The summed E-state index contributed by atoms with van der Waals surface area (Å²) < 4.78 is 5.20. The maximum absolute atomic E-state index is 12.1. The predicted octanol–water partition coefficient (Wildman–Crippen LogP) is 2.84. The molecule has 122 valence electrons. The molecule has 3 amide bonds. The van der Waals surface area contributed by atoms with Crippen LogP contribution in [0, 0.1) is 5.41 Å². The van der Waals surface area contributed by atoms with E-state index in [1.807, 2.05) is 27.7 Å². The molecule has 21 heavy (non-hydrogen) atoms. The SMILES string of the molecule is C/C(=C\NC(=O)N(CCN)C(=O)OC(C)(C)C)C(C)(C)C. The molecule has 0 aromatic carbocycles. The molecular formula is C15H29N3O3. The van der Waals surface area contributed by atoms with E-state index in [2.05, 4.69) is 5.32 Å². The summed E-state index contributed by atoms with van der Waals surface area (Å²) >= 11 is 0. The second-order valence-corrected chi connectivity index (χ2v) is 6.95. The van der Waals surface area contributed by atoms with Crippen LogP contribution in [0.25, 0.3) is 0 Å². The summed E-state index contributed by atoms with van der Waals surface area (Å²) in [6.45, 7) is 13.5. The van der Waals surface area contributed by atoms with Crippen LogP contribution in [0.2, 0.25) is 0 Å². The molecule has 0 fully saturated rings. The zero-order valence-corrected chi connectivity index (χ0v) is 14.2. The molecule has 0 aliphatic carbocycles. The second kappa shape index (κ2) is 7.45. The molecule has 6 heteroatoms. The fourth-order valence-corrected chi connectivity index (χ4v) is 1.19. The van der Waals surface area contributed by atoms with E-state index < -0.39 is 17.7 Å². The van der Waals surface area contributed by atoms with Gasteiger partial charge in [0.15, 0.2) is 0 Å². The number of hydrogen-bond donors (Lipinski definition) is 2. The highest BCUT2D eigenvalue weighted by atomic mass is 16.6. The Labute approximate surface area is 127 Å². The van der Waals surface area contributed by atoms with Gasteiger partial charge in [-0.3, -0.25) is 0 Å². The van der Waals surface area contributed by atoms with Crippen molar-refractivity contribution < 1.29 is 14.3 Å². The number of carbonyl (C=O) groups excluding carboxylic acids is 2. The lowest BCUT2D eigenvalue weighted by Gasteiger charge is -2.26. The van der Waals surface area contributed by atoms with Gasteiger partial charge in [-0.05, 0) is 33.1 Å². The van der Waals surface area contributed by atoms with Crippen molar-refractivity contribution >= 4 is 12.1 Å². The van der Waals surface area contributed by atoms with E-state index in [4.69, 9.17) is 10.5 Å². The molecule has 0 heterocycles. The minimum Gasteiger partial charge on any atom is -0.443 e. The molecule has 0 saturated heterocycles. The average Bonchev–Trinajstić information content (AvgIpc) is 2.28. The molecule has 0 rings (SSSR count). The second-order valence-electron chi connectivity index (χ2n) is 6.95. The van der Waals surface area contributed by atoms with Crippen molar-refractivity contribution in [3.05, 3.63) is 11.8 Å². The van der Waals surface area contributed by atoms with Crippen LogP contribution >= 0.6 is 0 Å². The van der Waals surface area contributed by atoms with E-state index in [0.717, 1.165) is 10.5 Å². The van der Waals surface area contributed by atoms with Crippen LogP contribution < -0.4 is 11.1 Å². The predicted molar refractivity (Wildman–Crippen MR) is 83.7 cm³/mol. The molecule has 0 spiro atoms. The number of ether oxygens (including phenoxy) is 1. The van der Waals surface area contributed by atoms with Gasteiger partial charge in [0, 0.05) is 19.3 Å². The third-order valence-corrected chi connectivity index (χ3v) is 2.81. The van der Waals surface area contributed by atoms with Gasteiger partial charge in [-0.2, -0.15) is 0 Å². The normalized spacial score (nSPS) is 12.9. The molecule has 0 aliphatic rings. The summed E-state index contributed by atoms with van der Waals surface area (Å²) in [6.07, 6.45) is 0.906. The summed E-state index contributed by atoms with van der Waals surface area (Å²) in [5, 5.41) is 2.61. The maximum Gasteiger partial charge on any atom is 0.418 e. The minimum absolute atomic E-state index is 0.0576. The fraction of sp³-hybridized carbons (Fsp3) is 0.733. The van der Waals surface area contributed by atoms with E-state index in [1.165, 1.54) is 0 Å². The van der Waals surface area contributed by atoms with Crippen LogP contribution in [0.15, 0.2) is 11.8 Å². The third-order valence-electron chi connectivity index (χ3n) is 2.81. The lowest BCUT2D eigenvalue weighted by atomic mass is 9.88. The number of urea groups is 1. The third kappa shape index (κ3) is 7.70. The molecule has 0 saturated carbocycles. The van der Waals surface area contributed by atoms with Crippen molar-refractivity contribution in [2.45, 2.75) is 54.1 Å². The fourth-order valence-electron chi connectivity index (χ4n) is 1.19. The van der Waals surface area contributed by atoms with E-state index >= 15 is 0 Å². The molecule has 0 unspecified atom stereocenters. The standard InChI is InChI=1S/C15H29N3O3/c1-11(14(2,3)4)10-17-12(19)18(9-8-16)13(20)21-15(5,6)7/h10H,8-9,16H2,1-7H3,(H,17,19)/b11-10+. The lowest BCUT2D eigenvalue weighted by molar-refractivity contribution is 0.0328. The van der Waals surface area contributed by atoms with Crippen molar-refractivity contribution in [2.75, 3.05) is 13.1 Å². The first-order valence-electron chi connectivity index (χ1n) is 7.07. The largest absolute Gasteiger partial charge is 0.443 e. The van der Waals surface area contributed by atoms with Crippen LogP contribution in [0.4, 0.5) is 9.59 Å². The Morgan fingerprint density at radius 2 is 1.71 bits per heavy atom. The first-order chi connectivity index (χ1) is 9.38. The molecule has 0 aliphatic heterocycles. The molecule has 0 radical (unpaired) electrons. The molecule has 3 N–H and O–H groups in total. The van der Waals surface area contributed by atoms with Crippen molar-refractivity contribution in [1.29, 1.82) is 0 Å². The minimum atomic E-state index is -0.702. The number of amides is 3. The van der Waals surface area contributed by atoms with Crippen LogP contribution in [0.5, 0.6) is 0 Å². The summed E-state index contributed by atoms with van der Waals surface area (Å²) in [7, 11) is 0. The van der Waals surface area contributed by atoms with E-state index in [1.54, 1.807) is 27.0 Å². The number of nitrogens with two attached hydrogens (primary N) is 1. The quantitative estimate of drug-likeness (QED) is 0.839. The Morgan fingerprint density at radius 3 is 2.10 bits per heavy atom. The van der Waals surface area contributed by atoms with Crippen LogP contribution in [0.3, 0.4) is 0 Å². The van der Waals surface area contributed by atoms with Gasteiger partial charge in [0.25, 0.3) is 0 Å². The molecule has 6 nitrogen and oxygen atoms in total. The molecule has 0 atom stereocenters. The molecule has 0 aromatic rings. The van der Waals surface area contributed by atoms with Crippen molar-refractivity contribution in [3.8, 4) is 0 Å². The number of imide groups is 1. The molecule has 0 aromatic heterocycles. The van der Waals surface area contributed by atoms with Crippen molar-refractivity contribution in [3.63, 3.8) is 0 Å². The van der Waals surface area contributed by atoms with Gasteiger partial charge < -0.3 is 15.8 Å². The van der Waals surface area contributed by atoms with Crippen molar-refractivity contribution in [2.24, 2.45) is 11.1 Å². The molecule has 0 bridgehead atoms. The van der Waals surface area contributed by atoms with Gasteiger partial charge in [-0.25, -0.2) is 14.5 Å². The number of nitrogens with zero attached hydrogens (tertiary/aromatic N) is 1. The zero-order chi connectivity index (χ0) is 16.8. The van der Waals surface area contributed by atoms with E-state index in [-0.39, 0.29) is 18.5 Å². The number of rotatable bonds is 3. The van der Waals surface area contributed by atoms with Crippen LogP contribution in [-0.2, 0) is 4.74 Å². The summed E-state index contributed by atoms with van der Waals surface area (Å²) in [4.78, 5) is 25.1. The van der Waals surface area contributed by atoms with Crippen molar-refractivity contribution in [1.82, 2.24) is 10.2 Å². The van der Waals surface area contributed by atoms with Gasteiger partial charge in [-0.15, -0.1) is 0 Å². The summed E-state index contributed by atoms with van der Waals surface area (Å²) in [6, 6.07) is -0.543. The Kier molecular flexibility index (Phi) is 6.90. The Hall–Kier alpha value is -1.56. The lowest BCUT2D eigenvalue weighted by Crippen LogP contribution is -2.47. The number of hydrogen-bond acceptors (Lipinski definition) is 4. The smallest absolute Gasteiger partial charge is 0.418 e. The summed E-state index contributed by atoms with van der Waals surface area (Å²) in [5.41, 5.74) is 5.72. The molecular weight excluding hydrogens is 270 g/mol. The number of allylic oxidation sites excluding steroid dienone is 1. The van der Waals surface area contributed by atoms with Crippen LogP contribution in [-0.4, -0.2) is 35.7 Å². The Bertz CT molecular complexity index is 403. The first kappa shape index (κ1) is 19.4.